The Balaban J connectivity index is 1.94. The lowest BCUT2D eigenvalue weighted by Crippen LogP contribution is -2.51. The molecule has 2 atom stereocenters. The van der Waals surface area contributed by atoms with Gasteiger partial charge >= 0.3 is 6.09 Å². The van der Waals surface area contributed by atoms with Crippen LogP contribution in [0.3, 0.4) is 0 Å². The number of unbranched alkanes of at least 4 members (excludes halogenated alkanes) is 4. The number of carbonyl (C=O) groups excluding carboxylic acids is 3. The van der Waals surface area contributed by atoms with Crippen molar-refractivity contribution < 1.29 is 19.1 Å². The van der Waals surface area contributed by atoms with Gasteiger partial charge in [-0.25, -0.2) is 4.79 Å². The predicted molar refractivity (Wildman–Crippen MR) is 166 cm³/mol. The molecule has 0 aromatic heterocycles. The molecule has 3 amide bonds. The number of carbonyl (C=O) groups is 3. The Bertz CT molecular complexity index is 1330. The lowest BCUT2D eigenvalue weighted by molar-refractivity contribution is -0.140. The number of ether oxygens (including phenoxy) is 1. The minimum atomic E-state index is -0.888. The number of alkyl carbamates (subject to hydrolysis) is 1. The molecule has 2 unspecified atom stereocenters. The lowest BCUT2D eigenvalue weighted by atomic mass is 10.00. The molecule has 0 aliphatic carbocycles. The average molecular weight is 560 g/mol. The van der Waals surface area contributed by atoms with Gasteiger partial charge in [0.15, 0.2) is 0 Å². The van der Waals surface area contributed by atoms with Crippen molar-refractivity contribution in [3.8, 4) is 0 Å². The number of fused-ring (bicyclic) bond motifs is 1. The van der Waals surface area contributed by atoms with Crippen molar-refractivity contribution in [3.05, 3.63) is 77.9 Å². The SMILES string of the molecule is CCCCCCCN(C(=O)C(C)NC(=O)OC(C)(C)C)C(C(=O)Nc1ccc2ccccc2c1)c1cccc(C)c1. The normalized spacial score (nSPS) is 12.8. The number of anilines is 1. The van der Waals surface area contributed by atoms with Crippen LogP contribution in [0.25, 0.3) is 10.8 Å². The fraction of sp³-hybridized carbons (Fsp3) is 0.441. The Morgan fingerprint density at radius 3 is 2.27 bits per heavy atom. The van der Waals surface area contributed by atoms with Gasteiger partial charge in [-0.3, -0.25) is 9.59 Å². The summed E-state index contributed by atoms with van der Waals surface area (Å²) in [6.07, 6.45) is 4.31. The number of nitrogens with one attached hydrogen (secondary N) is 2. The van der Waals surface area contributed by atoms with Gasteiger partial charge in [0, 0.05) is 12.2 Å². The number of amides is 3. The minimum absolute atomic E-state index is 0.308. The van der Waals surface area contributed by atoms with Crippen molar-refractivity contribution in [2.75, 3.05) is 11.9 Å². The van der Waals surface area contributed by atoms with Crippen LogP contribution in [0, 0.1) is 6.92 Å². The molecule has 3 aromatic carbocycles. The van der Waals surface area contributed by atoms with E-state index in [1.165, 1.54) is 0 Å². The van der Waals surface area contributed by atoms with Gasteiger partial charge in [0.25, 0.3) is 5.91 Å². The third-order valence-corrected chi connectivity index (χ3v) is 6.82. The van der Waals surface area contributed by atoms with E-state index in [9.17, 15) is 14.4 Å². The quantitative estimate of drug-likeness (QED) is 0.224. The zero-order valence-corrected chi connectivity index (χ0v) is 25.3. The largest absolute Gasteiger partial charge is 0.444 e. The number of hydrogen-bond donors (Lipinski definition) is 2. The van der Waals surface area contributed by atoms with Gasteiger partial charge in [-0.1, -0.05) is 92.8 Å². The average Bonchev–Trinajstić information content (AvgIpc) is 2.90. The molecule has 7 heteroatoms. The van der Waals surface area contributed by atoms with Crippen LogP contribution in [0.1, 0.15) is 83.9 Å². The molecule has 220 valence electrons. The highest BCUT2D eigenvalue weighted by Crippen LogP contribution is 2.27. The van der Waals surface area contributed by atoms with Gasteiger partial charge in [0.2, 0.25) is 5.91 Å². The van der Waals surface area contributed by atoms with Crippen molar-refractivity contribution in [1.82, 2.24) is 10.2 Å². The third-order valence-electron chi connectivity index (χ3n) is 6.82. The Morgan fingerprint density at radius 2 is 1.59 bits per heavy atom. The summed E-state index contributed by atoms with van der Waals surface area (Å²) in [6, 6.07) is 19.6. The summed E-state index contributed by atoms with van der Waals surface area (Å²) in [5, 5.41) is 7.82. The van der Waals surface area contributed by atoms with Gasteiger partial charge in [0.1, 0.15) is 17.7 Å². The van der Waals surface area contributed by atoms with Crippen LogP contribution in [-0.2, 0) is 14.3 Å². The summed E-state index contributed by atoms with van der Waals surface area (Å²) in [7, 11) is 0. The topological polar surface area (TPSA) is 87.7 Å². The maximum Gasteiger partial charge on any atom is 0.408 e. The van der Waals surface area contributed by atoms with Crippen LogP contribution in [0.15, 0.2) is 66.7 Å². The molecule has 3 rings (SSSR count). The number of benzene rings is 3. The van der Waals surface area contributed by atoms with Crippen molar-refractivity contribution in [3.63, 3.8) is 0 Å². The summed E-state index contributed by atoms with van der Waals surface area (Å²) in [6.45, 7) is 11.4. The molecule has 0 aliphatic heterocycles. The van der Waals surface area contributed by atoms with E-state index in [4.69, 9.17) is 4.74 Å². The standard InChI is InChI=1S/C34H45N3O4/c1-7-8-9-10-13-21-37(32(39)25(3)35-33(40)41-34(4,5)6)30(28-18-14-15-24(2)22-28)31(38)36-29-20-19-26-16-11-12-17-27(26)23-29/h11-12,14-20,22-23,25,30H,7-10,13,21H2,1-6H3,(H,35,40)(H,36,38). The molecule has 0 spiro atoms. The van der Waals surface area contributed by atoms with Crippen LogP contribution >= 0.6 is 0 Å². The molecule has 0 heterocycles. The Kier molecular flexibility index (Phi) is 11.3. The molecular weight excluding hydrogens is 514 g/mol. The monoisotopic (exact) mass is 559 g/mol. The van der Waals surface area contributed by atoms with Crippen LogP contribution in [-0.4, -0.2) is 41.0 Å². The fourth-order valence-corrected chi connectivity index (χ4v) is 4.84. The number of rotatable bonds is 12. The highest BCUT2D eigenvalue weighted by atomic mass is 16.6. The molecule has 41 heavy (non-hydrogen) atoms. The van der Waals surface area contributed by atoms with Crippen LogP contribution < -0.4 is 10.6 Å². The molecule has 7 nitrogen and oxygen atoms in total. The van der Waals surface area contributed by atoms with Crippen LogP contribution in [0.5, 0.6) is 0 Å². The predicted octanol–water partition coefficient (Wildman–Crippen LogP) is 7.54. The highest BCUT2D eigenvalue weighted by molar-refractivity contribution is 6.00. The number of hydrogen-bond acceptors (Lipinski definition) is 4. The zero-order chi connectivity index (χ0) is 30.0. The van der Waals surface area contributed by atoms with Gasteiger partial charge < -0.3 is 20.3 Å². The number of nitrogens with zero attached hydrogens (tertiary/aromatic N) is 1. The summed E-state index contributed by atoms with van der Waals surface area (Å²) in [5.41, 5.74) is 1.66. The van der Waals surface area contributed by atoms with Gasteiger partial charge in [-0.05, 0) is 69.5 Å². The van der Waals surface area contributed by atoms with Crippen LogP contribution in [0.4, 0.5) is 10.5 Å². The minimum Gasteiger partial charge on any atom is -0.444 e. The molecule has 2 N–H and O–H groups in total. The van der Waals surface area contributed by atoms with Crippen molar-refractivity contribution in [1.29, 1.82) is 0 Å². The summed E-state index contributed by atoms with van der Waals surface area (Å²) in [5.74, 6) is -0.649. The zero-order valence-electron chi connectivity index (χ0n) is 25.3. The van der Waals surface area contributed by atoms with E-state index in [-0.39, 0.29) is 11.8 Å². The smallest absolute Gasteiger partial charge is 0.408 e. The maximum absolute atomic E-state index is 14.1. The third kappa shape index (κ3) is 9.62. The maximum atomic E-state index is 14.1. The number of aryl methyl sites for hydroxylation is 1. The first-order valence-corrected chi connectivity index (χ1v) is 14.6. The van der Waals surface area contributed by atoms with Gasteiger partial charge in [-0.2, -0.15) is 0 Å². The summed E-state index contributed by atoms with van der Waals surface area (Å²) in [4.78, 5) is 42.2. The van der Waals surface area contributed by atoms with E-state index >= 15 is 0 Å². The van der Waals surface area contributed by atoms with E-state index in [0.717, 1.165) is 54.0 Å². The van der Waals surface area contributed by atoms with Crippen molar-refractivity contribution >= 4 is 34.4 Å². The molecule has 0 fully saturated rings. The first kappa shape index (κ1) is 31.7. The Morgan fingerprint density at radius 1 is 0.878 bits per heavy atom. The fourth-order valence-electron chi connectivity index (χ4n) is 4.84. The summed E-state index contributed by atoms with van der Waals surface area (Å²) >= 11 is 0. The molecule has 0 saturated carbocycles. The molecule has 0 saturated heterocycles. The first-order chi connectivity index (χ1) is 19.5. The molecule has 3 aromatic rings. The van der Waals surface area contributed by atoms with Gasteiger partial charge in [0.05, 0.1) is 0 Å². The Labute approximate surface area is 244 Å². The second-order valence-electron chi connectivity index (χ2n) is 11.7. The lowest BCUT2D eigenvalue weighted by Gasteiger charge is -2.34. The summed E-state index contributed by atoms with van der Waals surface area (Å²) < 4.78 is 5.39. The van der Waals surface area contributed by atoms with E-state index < -0.39 is 23.8 Å². The molecule has 0 aliphatic rings. The van der Waals surface area contributed by atoms with E-state index in [1.54, 1.807) is 32.6 Å². The molecular formula is C34H45N3O4. The van der Waals surface area contributed by atoms with E-state index in [2.05, 4.69) is 17.6 Å². The van der Waals surface area contributed by atoms with E-state index in [1.807, 2.05) is 73.7 Å². The molecule has 0 radical (unpaired) electrons. The van der Waals surface area contributed by atoms with Gasteiger partial charge in [-0.15, -0.1) is 0 Å². The molecule has 0 bridgehead atoms. The second-order valence-corrected chi connectivity index (χ2v) is 11.7. The van der Waals surface area contributed by atoms with Crippen LogP contribution in [0.2, 0.25) is 0 Å². The van der Waals surface area contributed by atoms with Crippen molar-refractivity contribution in [2.45, 2.75) is 91.3 Å². The van der Waals surface area contributed by atoms with Crippen molar-refractivity contribution in [2.24, 2.45) is 0 Å². The Hall–Kier alpha value is -3.87. The van der Waals surface area contributed by atoms with E-state index in [0.29, 0.717) is 12.2 Å². The second kappa shape index (κ2) is 14.7. The highest BCUT2D eigenvalue weighted by Gasteiger charge is 2.34. The first-order valence-electron chi connectivity index (χ1n) is 14.6.